The molecule has 1 unspecified atom stereocenters. The maximum absolute atomic E-state index is 13.4. The van der Waals surface area contributed by atoms with Gasteiger partial charge in [-0.15, -0.1) is 0 Å². The summed E-state index contributed by atoms with van der Waals surface area (Å²) >= 11 is 5.77. The first-order valence-electron chi connectivity index (χ1n) is 5.53. The molecule has 18 heavy (non-hydrogen) atoms. The number of benzene rings is 1. The van der Waals surface area contributed by atoms with Crippen molar-refractivity contribution in [1.29, 1.82) is 0 Å². The lowest BCUT2D eigenvalue weighted by atomic mass is 9.99. The Kier molecular flexibility index (Phi) is 2.53. The summed E-state index contributed by atoms with van der Waals surface area (Å²) in [6.07, 6.45) is 0.696. The number of fused-ring (bicyclic) bond motifs is 3. The smallest absolute Gasteiger partial charge is 0.326 e. The molecule has 3 N–H and O–H groups in total. The molecule has 0 saturated carbocycles. The molecule has 0 fully saturated rings. The molecule has 0 aliphatic carbocycles. The van der Waals surface area contributed by atoms with E-state index in [1.807, 2.05) is 0 Å². The predicted molar refractivity (Wildman–Crippen MR) is 65.4 cm³/mol. The molecular formula is C12H10ClFN2O2. The first-order chi connectivity index (χ1) is 8.58. The number of nitrogens with one attached hydrogen (secondary N) is 2. The third-order valence-corrected chi connectivity index (χ3v) is 3.53. The fraction of sp³-hybridized carbons (Fsp3) is 0.250. The SMILES string of the molecule is O=C(O)C1NCCc2c1[nH]c1cc(F)c(Cl)cc21. The highest BCUT2D eigenvalue weighted by atomic mass is 35.5. The van der Waals surface area contributed by atoms with Crippen LogP contribution in [0.5, 0.6) is 0 Å². The van der Waals surface area contributed by atoms with Gasteiger partial charge in [0.25, 0.3) is 0 Å². The van der Waals surface area contributed by atoms with Crippen LogP contribution in [-0.4, -0.2) is 22.6 Å². The Morgan fingerprint density at radius 2 is 2.28 bits per heavy atom. The average molecular weight is 269 g/mol. The van der Waals surface area contributed by atoms with E-state index < -0.39 is 17.8 Å². The van der Waals surface area contributed by atoms with Crippen molar-refractivity contribution in [3.05, 3.63) is 34.2 Å². The van der Waals surface area contributed by atoms with Crippen molar-refractivity contribution >= 4 is 28.5 Å². The molecule has 0 spiro atoms. The first kappa shape index (κ1) is 11.5. The molecule has 4 nitrogen and oxygen atoms in total. The quantitative estimate of drug-likeness (QED) is 0.743. The number of hydrogen-bond acceptors (Lipinski definition) is 2. The molecule has 1 aromatic heterocycles. The molecule has 1 aromatic carbocycles. The van der Waals surface area contributed by atoms with Crippen LogP contribution in [0.25, 0.3) is 10.9 Å². The van der Waals surface area contributed by atoms with Gasteiger partial charge in [0.15, 0.2) is 0 Å². The highest BCUT2D eigenvalue weighted by molar-refractivity contribution is 6.31. The Balaban J connectivity index is 2.27. The molecule has 1 aliphatic rings. The fourth-order valence-electron chi connectivity index (χ4n) is 2.44. The van der Waals surface area contributed by atoms with Crippen molar-refractivity contribution in [2.24, 2.45) is 0 Å². The molecule has 2 heterocycles. The summed E-state index contributed by atoms with van der Waals surface area (Å²) in [5.74, 6) is -1.46. The fourth-order valence-corrected chi connectivity index (χ4v) is 2.60. The molecule has 1 aliphatic heterocycles. The van der Waals surface area contributed by atoms with Gasteiger partial charge in [-0.2, -0.15) is 0 Å². The summed E-state index contributed by atoms with van der Waals surface area (Å²) in [4.78, 5) is 14.1. The maximum Gasteiger partial charge on any atom is 0.326 e. The second-order valence-electron chi connectivity index (χ2n) is 4.30. The lowest BCUT2D eigenvalue weighted by Gasteiger charge is -2.20. The zero-order valence-electron chi connectivity index (χ0n) is 9.26. The maximum atomic E-state index is 13.4. The minimum atomic E-state index is -0.950. The predicted octanol–water partition coefficient (Wildman–Crippen LogP) is 2.23. The highest BCUT2D eigenvalue weighted by Crippen LogP contribution is 2.32. The van der Waals surface area contributed by atoms with Gasteiger partial charge in [-0.1, -0.05) is 11.6 Å². The Hall–Kier alpha value is -1.59. The Morgan fingerprint density at radius 1 is 1.50 bits per heavy atom. The van der Waals surface area contributed by atoms with Gasteiger partial charge in [-0.3, -0.25) is 10.1 Å². The summed E-state index contributed by atoms with van der Waals surface area (Å²) in [7, 11) is 0. The number of aliphatic carboxylic acids is 1. The molecule has 1 atom stereocenters. The van der Waals surface area contributed by atoms with Crippen LogP contribution in [-0.2, 0) is 11.2 Å². The van der Waals surface area contributed by atoms with Crippen LogP contribution in [0.15, 0.2) is 12.1 Å². The van der Waals surface area contributed by atoms with Crippen LogP contribution in [0.1, 0.15) is 17.3 Å². The minimum absolute atomic E-state index is 0.0507. The van der Waals surface area contributed by atoms with E-state index in [9.17, 15) is 9.18 Å². The third kappa shape index (κ3) is 1.59. The topological polar surface area (TPSA) is 65.1 Å². The molecule has 6 heteroatoms. The van der Waals surface area contributed by atoms with Gasteiger partial charge in [0.2, 0.25) is 0 Å². The molecule has 0 amide bonds. The van der Waals surface area contributed by atoms with E-state index >= 15 is 0 Å². The number of halogens is 2. The number of carbonyl (C=O) groups is 1. The minimum Gasteiger partial charge on any atom is -0.480 e. The summed E-state index contributed by atoms with van der Waals surface area (Å²) < 4.78 is 13.4. The van der Waals surface area contributed by atoms with Gasteiger partial charge in [-0.25, -0.2) is 4.39 Å². The molecular weight excluding hydrogens is 259 g/mol. The van der Waals surface area contributed by atoms with Crippen LogP contribution in [0.3, 0.4) is 0 Å². The van der Waals surface area contributed by atoms with Crippen LogP contribution >= 0.6 is 11.6 Å². The van der Waals surface area contributed by atoms with Gasteiger partial charge < -0.3 is 10.1 Å². The van der Waals surface area contributed by atoms with Gasteiger partial charge in [0, 0.05) is 23.1 Å². The average Bonchev–Trinajstić information content (AvgIpc) is 2.67. The van der Waals surface area contributed by atoms with E-state index in [-0.39, 0.29) is 5.02 Å². The van der Waals surface area contributed by atoms with Crippen molar-refractivity contribution in [2.45, 2.75) is 12.5 Å². The zero-order chi connectivity index (χ0) is 12.9. The molecule has 0 saturated heterocycles. The number of aromatic amines is 1. The number of rotatable bonds is 1. The van der Waals surface area contributed by atoms with Gasteiger partial charge in [-0.05, 0) is 24.1 Å². The molecule has 3 rings (SSSR count). The van der Waals surface area contributed by atoms with Crippen molar-refractivity contribution in [3.63, 3.8) is 0 Å². The normalized spacial score (nSPS) is 18.9. The highest BCUT2D eigenvalue weighted by Gasteiger charge is 2.29. The number of carboxylic acids is 1. The standard InChI is InChI=1S/C12H10ClFN2O2/c13-7-3-6-5-1-2-15-11(12(17)18)10(5)16-9(6)4-8(7)14/h3-4,11,15-16H,1-2H2,(H,17,18). The van der Waals surface area contributed by atoms with Gasteiger partial charge in [0.05, 0.1) is 5.02 Å². The Morgan fingerprint density at radius 3 is 3.00 bits per heavy atom. The van der Waals surface area contributed by atoms with Crippen molar-refractivity contribution < 1.29 is 14.3 Å². The van der Waals surface area contributed by atoms with E-state index in [0.29, 0.717) is 24.2 Å². The Bertz CT molecular complexity index is 653. The largest absolute Gasteiger partial charge is 0.480 e. The van der Waals surface area contributed by atoms with Crippen molar-refractivity contribution in [1.82, 2.24) is 10.3 Å². The van der Waals surface area contributed by atoms with E-state index in [4.69, 9.17) is 16.7 Å². The van der Waals surface area contributed by atoms with Gasteiger partial charge >= 0.3 is 5.97 Å². The summed E-state index contributed by atoms with van der Waals surface area (Å²) in [6.45, 7) is 0.575. The third-order valence-electron chi connectivity index (χ3n) is 3.24. The zero-order valence-corrected chi connectivity index (χ0v) is 10.0. The van der Waals surface area contributed by atoms with E-state index in [2.05, 4.69) is 10.3 Å². The second kappa shape index (κ2) is 3.96. The molecule has 0 bridgehead atoms. The summed E-state index contributed by atoms with van der Waals surface area (Å²) in [6, 6.07) is 2.07. The van der Waals surface area contributed by atoms with E-state index in [1.165, 1.54) is 6.07 Å². The van der Waals surface area contributed by atoms with Crippen molar-refractivity contribution in [2.75, 3.05) is 6.54 Å². The molecule has 2 aromatic rings. The van der Waals surface area contributed by atoms with E-state index in [0.717, 1.165) is 10.9 Å². The molecule has 0 radical (unpaired) electrons. The Labute approximate surface area is 107 Å². The summed E-state index contributed by atoms with van der Waals surface area (Å²) in [5, 5.41) is 12.9. The number of hydrogen-bond donors (Lipinski definition) is 3. The monoisotopic (exact) mass is 268 g/mol. The van der Waals surface area contributed by atoms with E-state index in [1.54, 1.807) is 6.07 Å². The van der Waals surface area contributed by atoms with Crippen LogP contribution in [0.2, 0.25) is 5.02 Å². The van der Waals surface area contributed by atoms with Crippen LogP contribution in [0, 0.1) is 5.82 Å². The number of H-pyrrole nitrogens is 1. The van der Waals surface area contributed by atoms with Crippen molar-refractivity contribution in [3.8, 4) is 0 Å². The summed E-state index contributed by atoms with van der Waals surface area (Å²) in [5.41, 5.74) is 2.07. The molecule has 94 valence electrons. The lowest BCUT2D eigenvalue weighted by molar-refractivity contribution is -0.139. The second-order valence-corrected chi connectivity index (χ2v) is 4.71. The number of aromatic nitrogens is 1. The lowest BCUT2D eigenvalue weighted by Crippen LogP contribution is -2.34. The number of carboxylic acid groups (broad SMARTS) is 1. The van der Waals surface area contributed by atoms with Crippen LogP contribution < -0.4 is 5.32 Å². The van der Waals surface area contributed by atoms with Gasteiger partial charge in [0.1, 0.15) is 11.9 Å². The van der Waals surface area contributed by atoms with Crippen LogP contribution in [0.4, 0.5) is 4.39 Å². The first-order valence-corrected chi connectivity index (χ1v) is 5.91.